The predicted molar refractivity (Wildman–Crippen MR) is 81.5 cm³/mol. The molecular formula is C15H12Cl2FNO2. The molecule has 21 heavy (non-hydrogen) atoms. The molecule has 1 N–H and O–H groups in total. The van der Waals surface area contributed by atoms with Crippen LogP contribution in [0.25, 0.3) is 0 Å². The molecule has 2 aromatic rings. The van der Waals surface area contributed by atoms with Crippen LogP contribution in [-0.2, 0) is 11.3 Å². The Morgan fingerprint density at radius 3 is 2.76 bits per heavy atom. The summed E-state index contributed by atoms with van der Waals surface area (Å²) in [5.41, 5.74) is 1.32. The maximum Gasteiger partial charge on any atom is 0.339 e. The third-order valence-electron chi connectivity index (χ3n) is 2.89. The number of rotatable bonds is 4. The van der Waals surface area contributed by atoms with Crippen molar-refractivity contribution in [1.82, 2.24) is 0 Å². The largest absolute Gasteiger partial charge is 0.465 e. The van der Waals surface area contributed by atoms with Gasteiger partial charge in [0.05, 0.1) is 28.4 Å². The first kappa shape index (κ1) is 15.6. The Bertz CT molecular complexity index is 677. The minimum absolute atomic E-state index is 0.247. The summed E-state index contributed by atoms with van der Waals surface area (Å²) in [7, 11) is 1.27. The van der Waals surface area contributed by atoms with E-state index in [9.17, 15) is 9.18 Å². The van der Waals surface area contributed by atoms with Gasteiger partial charge in [0, 0.05) is 6.54 Å². The quantitative estimate of drug-likeness (QED) is 0.838. The zero-order valence-corrected chi connectivity index (χ0v) is 12.6. The van der Waals surface area contributed by atoms with E-state index >= 15 is 0 Å². The van der Waals surface area contributed by atoms with E-state index in [0.717, 1.165) is 5.56 Å². The fourth-order valence-electron chi connectivity index (χ4n) is 1.83. The molecular weight excluding hydrogens is 316 g/mol. The Kier molecular flexibility index (Phi) is 5.04. The lowest BCUT2D eigenvalue weighted by Gasteiger charge is -2.12. The number of benzene rings is 2. The van der Waals surface area contributed by atoms with E-state index in [-0.39, 0.29) is 5.56 Å². The third kappa shape index (κ3) is 3.65. The average molecular weight is 328 g/mol. The molecule has 0 aromatic heterocycles. The van der Waals surface area contributed by atoms with Crippen molar-refractivity contribution in [3.63, 3.8) is 0 Å². The lowest BCUT2D eigenvalue weighted by Crippen LogP contribution is -2.09. The first-order valence-corrected chi connectivity index (χ1v) is 6.83. The summed E-state index contributed by atoms with van der Waals surface area (Å²) in [5.74, 6) is -1.00. The smallest absolute Gasteiger partial charge is 0.339 e. The number of anilines is 1. The van der Waals surface area contributed by atoms with Gasteiger partial charge in [-0.2, -0.15) is 0 Å². The second-order valence-electron chi connectivity index (χ2n) is 4.25. The van der Waals surface area contributed by atoms with Gasteiger partial charge in [-0.25, -0.2) is 9.18 Å². The molecule has 6 heteroatoms. The van der Waals surface area contributed by atoms with Crippen LogP contribution in [0.4, 0.5) is 10.1 Å². The Morgan fingerprint density at radius 2 is 2.05 bits per heavy atom. The number of halogens is 3. The molecule has 0 fully saturated rings. The molecule has 0 aliphatic rings. The molecule has 0 bridgehead atoms. The summed E-state index contributed by atoms with van der Waals surface area (Å²) in [6, 6.07) is 9.02. The summed E-state index contributed by atoms with van der Waals surface area (Å²) >= 11 is 12.0. The standard InChI is InChI=1S/C15H12Cl2FNO2/c1-21-15(20)11-6-5-10(18)7-13(11)19-8-9-3-2-4-12(16)14(9)17/h2-7,19H,8H2,1H3. The number of carbonyl (C=O) groups is 1. The van der Waals surface area contributed by atoms with Crippen molar-refractivity contribution < 1.29 is 13.9 Å². The molecule has 0 saturated carbocycles. The van der Waals surface area contributed by atoms with Gasteiger partial charge in [-0.05, 0) is 29.8 Å². The van der Waals surface area contributed by atoms with Gasteiger partial charge < -0.3 is 10.1 Å². The highest BCUT2D eigenvalue weighted by Gasteiger charge is 2.13. The van der Waals surface area contributed by atoms with E-state index in [4.69, 9.17) is 23.2 Å². The molecule has 0 amide bonds. The van der Waals surface area contributed by atoms with Gasteiger partial charge in [-0.15, -0.1) is 0 Å². The molecule has 2 aromatic carbocycles. The lowest BCUT2D eigenvalue weighted by atomic mass is 10.1. The Morgan fingerprint density at radius 1 is 1.29 bits per heavy atom. The zero-order chi connectivity index (χ0) is 15.4. The van der Waals surface area contributed by atoms with Gasteiger partial charge in [0.1, 0.15) is 5.82 Å². The molecule has 0 heterocycles. The van der Waals surface area contributed by atoms with Crippen molar-refractivity contribution in [2.24, 2.45) is 0 Å². The van der Waals surface area contributed by atoms with E-state index in [2.05, 4.69) is 10.1 Å². The number of esters is 1. The number of nitrogens with one attached hydrogen (secondary N) is 1. The van der Waals surface area contributed by atoms with Gasteiger partial charge in [-0.3, -0.25) is 0 Å². The van der Waals surface area contributed by atoms with E-state index < -0.39 is 11.8 Å². The highest BCUT2D eigenvalue weighted by Crippen LogP contribution is 2.27. The summed E-state index contributed by atoms with van der Waals surface area (Å²) in [5, 5.41) is 3.82. The summed E-state index contributed by atoms with van der Waals surface area (Å²) in [6.07, 6.45) is 0. The topological polar surface area (TPSA) is 38.3 Å². The molecule has 0 spiro atoms. The van der Waals surface area contributed by atoms with Crippen LogP contribution >= 0.6 is 23.2 Å². The molecule has 0 unspecified atom stereocenters. The number of carbonyl (C=O) groups excluding carboxylic acids is 1. The fourth-order valence-corrected chi connectivity index (χ4v) is 2.21. The maximum absolute atomic E-state index is 13.3. The van der Waals surface area contributed by atoms with E-state index in [1.54, 1.807) is 18.2 Å². The molecule has 0 aliphatic heterocycles. The van der Waals surface area contributed by atoms with Gasteiger partial charge >= 0.3 is 5.97 Å². The van der Waals surface area contributed by atoms with Crippen molar-refractivity contribution in [1.29, 1.82) is 0 Å². The highest BCUT2D eigenvalue weighted by atomic mass is 35.5. The molecule has 2 rings (SSSR count). The second-order valence-corrected chi connectivity index (χ2v) is 5.03. The number of hydrogen-bond donors (Lipinski definition) is 1. The van der Waals surface area contributed by atoms with Crippen molar-refractivity contribution in [2.45, 2.75) is 6.54 Å². The minimum Gasteiger partial charge on any atom is -0.465 e. The summed E-state index contributed by atoms with van der Waals surface area (Å²) < 4.78 is 18.0. The number of hydrogen-bond acceptors (Lipinski definition) is 3. The fraction of sp³-hybridized carbons (Fsp3) is 0.133. The third-order valence-corrected chi connectivity index (χ3v) is 3.75. The normalized spacial score (nSPS) is 10.3. The number of ether oxygens (including phenoxy) is 1. The van der Waals surface area contributed by atoms with E-state index in [1.807, 2.05) is 0 Å². The highest BCUT2D eigenvalue weighted by molar-refractivity contribution is 6.42. The zero-order valence-electron chi connectivity index (χ0n) is 11.1. The SMILES string of the molecule is COC(=O)c1ccc(F)cc1NCc1cccc(Cl)c1Cl. The van der Waals surface area contributed by atoms with Crippen LogP contribution in [0.15, 0.2) is 36.4 Å². The number of methoxy groups -OCH3 is 1. The predicted octanol–water partition coefficient (Wildman–Crippen LogP) is 4.53. The van der Waals surface area contributed by atoms with Crippen LogP contribution in [-0.4, -0.2) is 13.1 Å². The van der Waals surface area contributed by atoms with Gasteiger partial charge in [-0.1, -0.05) is 35.3 Å². The molecule has 0 radical (unpaired) electrons. The monoisotopic (exact) mass is 327 g/mol. The van der Waals surface area contributed by atoms with E-state index in [1.165, 1.54) is 25.3 Å². The second kappa shape index (κ2) is 6.78. The Labute approximate surface area is 131 Å². The first-order valence-electron chi connectivity index (χ1n) is 6.07. The van der Waals surface area contributed by atoms with Crippen LogP contribution in [0.5, 0.6) is 0 Å². The van der Waals surface area contributed by atoms with Crippen LogP contribution in [0.2, 0.25) is 10.0 Å². The van der Waals surface area contributed by atoms with Crippen LogP contribution in [0, 0.1) is 5.82 Å². The summed E-state index contributed by atoms with van der Waals surface area (Å²) in [4.78, 5) is 11.6. The molecule has 0 saturated heterocycles. The molecule has 0 atom stereocenters. The van der Waals surface area contributed by atoms with Crippen LogP contribution in [0.3, 0.4) is 0 Å². The molecule has 110 valence electrons. The van der Waals surface area contributed by atoms with Gasteiger partial charge in [0.2, 0.25) is 0 Å². The van der Waals surface area contributed by atoms with Crippen molar-refractivity contribution >= 4 is 34.9 Å². The van der Waals surface area contributed by atoms with Crippen LogP contribution < -0.4 is 5.32 Å². The Hall–Kier alpha value is -1.78. The van der Waals surface area contributed by atoms with Crippen molar-refractivity contribution in [3.05, 3.63) is 63.4 Å². The van der Waals surface area contributed by atoms with E-state index in [0.29, 0.717) is 22.3 Å². The maximum atomic E-state index is 13.3. The lowest BCUT2D eigenvalue weighted by molar-refractivity contribution is 0.0602. The molecule has 0 aliphatic carbocycles. The van der Waals surface area contributed by atoms with Crippen LogP contribution in [0.1, 0.15) is 15.9 Å². The first-order chi connectivity index (χ1) is 10.0. The average Bonchev–Trinajstić information content (AvgIpc) is 2.48. The van der Waals surface area contributed by atoms with Gasteiger partial charge in [0.25, 0.3) is 0 Å². The molecule has 3 nitrogen and oxygen atoms in total. The van der Waals surface area contributed by atoms with Crippen molar-refractivity contribution in [2.75, 3.05) is 12.4 Å². The van der Waals surface area contributed by atoms with Crippen molar-refractivity contribution in [3.8, 4) is 0 Å². The minimum atomic E-state index is -0.547. The Balaban J connectivity index is 2.25. The summed E-state index contributed by atoms with van der Waals surface area (Å²) in [6.45, 7) is 0.298. The van der Waals surface area contributed by atoms with Gasteiger partial charge in [0.15, 0.2) is 0 Å².